The standard InChI is InChI=1S/C31H31F2N3O3S2/c1-30(2,3)39-26(37)16-11-19-31(22-14-9-6-10-15-22)36(29(40-4)34-27(38)21-12-7-5-8-13-21)35-28(41-31)24-20-23(32)17-18-25(24)33/h5-10,12-15,17-18,20H,11,16,19H2,1-4H3. The average molecular weight is 596 g/mol. The van der Waals surface area contributed by atoms with E-state index in [9.17, 15) is 14.0 Å². The molecular weight excluding hydrogens is 564 g/mol. The van der Waals surface area contributed by atoms with E-state index in [0.29, 0.717) is 18.4 Å². The summed E-state index contributed by atoms with van der Waals surface area (Å²) in [5.41, 5.74) is 0.587. The van der Waals surface area contributed by atoms with Gasteiger partial charge in [0, 0.05) is 17.5 Å². The van der Waals surface area contributed by atoms with E-state index < -0.39 is 28.0 Å². The summed E-state index contributed by atoms with van der Waals surface area (Å²) in [4.78, 5) is 29.1. The highest BCUT2D eigenvalue weighted by Crippen LogP contribution is 2.51. The molecule has 0 saturated heterocycles. The van der Waals surface area contributed by atoms with Crippen molar-refractivity contribution in [1.29, 1.82) is 0 Å². The Morgan fingerprint density at radius 1 is 1.02 bits per heavy atom. The highest BCUT2D eigenvalue weighted by molar-refractivity contribution is 8.16. The van der Waals surface area contributed by atoms with Gasteiger partial charge in [-0.1, -0.05) is 72.1 Å². The van der Waals surface area contributed by atoms with Crippen molar-refractivity contribution in [3.05, 3.63) is 107 Å². The molecule has 0 aromatic heterocycles. The number of halogens is 2. The first kappa shape index (κ1) is 30.5. The molecule has 1 unspecified atom stereocenters. The van der Waals surface area contributed by atoms with Crippen molar-refractivity contribution in [2.75, 3.05) is 6.26 Å². The van der Waals surface area contributed by atoms with E-state index in [0.717, 1.165) is 23.8 Å². The predicted octanol–water partition coefficient (Wildman–Crippen LogP) is 7.60. The Kier molecular flexibility index (Phi) is 9.65. The zero-order chi connectivity index (χ0) is 29.6. The van der Waals surface area contributed by atoms with E-state index in [2.05, 4.69) is 4.99 Å². The number of amides is 1. The minimum atomic E-state index is -1.02. The van der Waals surface area contributed by atoms with Gasteiger partial charge < -0.3 is 4.74 Å². The molecule has 10 heteroatoms. The normalized spacial score (nSPS) is 17.4. The van der Waals surface area contributed by atoms with Gasteiger partial charge in [-0.2, -0.15) is 10.1 Å². The van der Waals surface area contributed by atoms with Crippen LogP contribution in [-0.4, -0.2) is 39.0 Å². The van der Waals surface area contributed by atoms with E-state index in [4.69, 9.17) is 9.84 Å². The summed E-state index contributed by atoms with van der Waals surface area (Å²) in [7, 11) is 0. The molecule has 4 rings (SSSR count). The molecule has 1 heterocycles. The van der Waals surface area contributed by atoms with Gasteiger partial charge >= 0.3 is 5.97 Å². The average Bonchev–Trinajstić information content (AvgIpc) is 3.33. The second-order valence-electron chi connectivity index (χ2n) is 10.3. The number of hydrazone groups is 1. The van der Waals surface area contributed by atoms with Crippen molar-refractivity contribution in [3.63, 3.8) is 0 Å². The van der Waals surface area contributed by atoms with Crippen LogP contribution in [0.2, 0.25) is 0 Å². The van der Waals surface area contributed by atoms with Crippen LogP contribution in [0.5, 0.6) is 0 Å². The quantitative estimate of drug-likeness (QED) is 0.159. The third-order valence-corrected chi connectivity index (χ3v) is 8.16. The molecular formula is C31H31F2N3O3S2. The largest absolute Gasteiger partial charge is 0.460 e. The molecule has 0 spiro atoms. The number of hydrogen-bond acceptors (Lipinski definition) is 6. The van der Waals surface area contributed by atoms with Gasteiger partial charge in [-0.15, -0.1) is 0 Å². The van der Waals surface area contributed by atoms with Crippen molar-refractivity contribution in [3.8, 4) is 0 Å². The van der Waals surface area contributed by atoms with Crippen molar-refractivity contribution in [2.24, 2.45) is 10.1 Å². The number of hydrogen-bond donors (Lipinski definition) is 0. The molecule has 214 valence electrons. The van der Waals surface area contributed by atoms with Crippen molar-refractivity contribution < 1.29 is 23.1 Å². The van der Waals surface area contributed by atoms with Crippen LogP contribution in [0, 0.1) is 11.6 Å². The first-order valence-electron chi connectivity index (χ1n) is 13.0. The second kappa shape index (κ2) is 13.0. The zero-order valence-corrected chi connectivity index (χ0v) is 24.9. The lowest BCUT2D eigenvalue weighted by Gasteiger charge is -2.37. The van der Waals surface area contributed by atoms with Crippen LogP contribution < -0.4 is 0 Å². The molecule has 1 amide bonds. The number of rotatable bonds is 7. The maximum Gasteiger partial charge on any atom is 0.306 e. The molecule has 1 aliphatic rings. The fourth-order valence-corrected chi connectivity index (χ4v) is 6.34. The number of benzene rings is 3. The van der Waals surface area contributed by atoms with Crippen molar-refractivity contribution in [2.45, 2.75) is 50.5 Å². The van der Waals surface area contributed by atoms with Crippen LogP contribution in [0.3, 0.4) is 0 Å². The van der Waals surface area contributed by atoms with Gasteiger partial charge in [-0.3, -0.25) is 9.59 Å². The molecule has 0 fully saturated rings. The van der Waals surface area contributed by atoms with Gasteiger partial charge in [0.2, 0.25) is 0 Å². The van der Waals surface area contributed by atoms with Crippen LogP contribution in [0.4, 0.5) is 8.78 Å². The monoisotopic (exact) mass is 595 g/mol. The molecule has 0 aliphatic carbocycles. The molecule has 0 bridgehead atoms. The van der Waals surface area contributed by atoms with E-state index in [1.54, 1.807) is 35.5 Å². The fourth-order valence-electron chi connectivity index (χ4n) is 4.32. The predicted molar refractivity (Wildman–Crippen MR) is 162 cm³/mol. The number of esters is 1. The number of carbonyl (C=O) groups excluding carboxylic acids is 2. The number of nitrogens with zero attached hydrogens (tertiary/aromatic N) is 3. The smallest absolute Gasteiger partial charge is 0.306 e. The summed E-state index contributed by atoms with van der Waals surface area (Å²) >= 11 is 2.45. The van der Waals surface area contributed by atoms with Crippen molar-refractivity contribution >= 4 is 45.6 Å². The SMILES string of the molecule is CSC(=NC(=O)c1ccccc1)N1N=C(c2cc(F)ccc2F)SC1(CCCC(=O)OC(C)(C)C)c1ccccc1. The first-order valence-corrected chi connectivity index (χ1v) is 15.1. The van der Waals surface area contributed by atoms with Crippen LogP contribution in [0.1, 0.15) is 61.5 Å². The molecule has 0 radical (unpaired) electrons. The van der Waals surface area contributed by atoms with Crippen LogP contribution >= 0.6 is 23.5 Å². The number of thioether (sulfide) groups is 2. The summed E-state index contributed by atoms with van der Waals surface area (Å²) < 4.78 is 34.8. The molecule has 1 aliphatic heterocycles. The Bertz CT molecular complexity index is 1460. The summed E-state index contributed by atoms with van der Waals surface area (Å²) in [6, 6.07) is 21.3. The van der Waals surface area contributed by atoms with E-state index in [1.807, 2.05) is 57.2 Å². The Morgan fingerprint density at radius 2 is 1.68 bits per heavy atom. The van der Waals surface area contributed by atoms with Gasteiger partial charge in [-0.05, 0) is 75.8 Å². The molecule has 41 heavy (non-hydrogen) atoms. The lowest BCUT2D eigenvalue weighted by atomic mass is 9.99. The molecule has 6 nitrogen and oxygen atoms in total. The maximum absolute atomic E-state index is 15.0. The Balaban J connectivity index is 1.81. The highest BCUT2D eigenvalue weighted by atomic mass is 32.2. The molecule has 0 saturated carbocycles. The third-order valence-electron chi connectivity index (χ3n) is 6.08. The summed E-state index contributed by atoms with van der Waals surface area (Å²) in [6.07, 6.45) is 2.67. The Labute approximate surface area is 247 Å². The number of carbonyl (C=O) groups is 2. The van der Waals surface area contributed by atoms with Gasteiger partial charge in [0.25, 0.3) is 5.91 Å². The number of aliphatic imine (C=N–C) groups is 1. The zero-order valence-electron chi connectivity index (χ0n) is 23.3. The van der Waals surface area contributed by atoms with Gasteiger partial charge in [0.1, 0.15) is 27.2 Å². The van der Waals surface area contributed by atoms with Crippen LogP contribution in [0.25, 0.3) is 0 Å². The molecule has 3 aromatic rings. The topological polar surface area (TPSA) is 71.3 Å². The molecule has 0 N–H and O–H groups in total. The lowest BCUT2D eigenvalue weighted by molar-refractivity contribution is -0.155. The maximum atomic E-state index is 15.0. The van der Waals surface area contributed by atoms with Crippen molar-refractivity contribution in [1.82, 2.24) is 5.01 Å². The van der Waals surface area contributed by atoms with Gasteiger partial charge in [0.05, 0.1) is 0 Å². The Hall–Kier alpha value is -3.50. The third kappa shape index (κ3) is 7.42. The van der Waals surface area contributed by atoms with E-state index in [1.165, 1.54) is 23.5 Å². The number of ether oxygens (including phenoxy) is 1. The first-order chi connectivity index (χ1) is 19.5. The Morgan fingerprint density at radius 3 is 2.32 bits per heavy atom. The fraction of sp³-hybridized carbons (Fsp3) is 0.290. The second-order valence-corrected chi connectivity index (χ2v) is 12.3. The lowest BCUT2D eigenvalue weighted by Crippen LogP contribution is -2.41. The highest BCUT2D eigenvalue weighted by Gasteiger charge is 2.48. The van der Waals surface area contributed by atoms with Crippen LogP contribution in [-0.2, 0) is 14.4 Å². The van der Waals surface area contributed by atoms with Crippen LogP contribution in [0.15, 0.2) is 89.0 Å². The molecule has 3 aromatic carbocycles. The minimum Gasteiger partial charge on any atom is -0.460 e. The van der Waals surface area contributed by atoms with E-state index >= 15 is 4.39 Å². The summed E-state index contributed by atoms with van der Waals surface area (Å²) in [5, 5.41) is 6.87. The van der Waals surface area contributed by atoms with E-state index in [-0.39, 0.29) is 28.2 Å². The summed E-state index contributed by atoms with van der Waals surface area (Å²) in [5.74, 6) is -2.03. The van der Waals surface area contributed by atoms with Gasteiger partial charge in [0.15, 0.2) is 5.17 Å². The summed E-state index contributed by atoms with van der Waals surface area (Å²) in [6.45, 7) is 5.43. The number of amidine groups is 1. The minimum absolute atomic E-state index is 0.000197. The van der Waals surface area contributed by atoms with Gasteiger partial charge in [-0.25, -0.2) is 13.8 Å². The molecule has 1 atom stereocenters.